The van der Waals surface area contributed by atoms with E-state index >= 15 is 0 Å². The summed E-state index contributed by atoms with van der Waals surface area (Å²) in [6.07, 6.45) is 2.42. The summed E-state index contributed by atoms with van der Waals surface area (Å²) < 4.78 is 0.752. The summed E-state index contributed by atoms with van der Waals surface area (Å²) in [4.78, 5) is 26.0. The van der Waals surface area contributed by atoms with Crippen LogP contribution in [0.1, 0.15) is 38.5 Å². The molecule has 3 atom stereocenters. The molecule has 2 aliphatic rings. The van der Waals surface area contributed by atoms with Crippen LogP contribution in [-0.2, 0) is 16.0 Å². The molecule has 0 saturated heterocycles. The fourth-order valence-corrected chi connectivity index (χ4v) is 7.54. The van der Waals surface area contributed by atoms with Gasteiger partial charge in [-0.3, -0.25) is 9.59 Å². The van der Waals surface area contributed by atoms with E-state index in [0.29, 0.717) is 23.3 Å². The first-order valence-electron chi connectivity index (χ1n) is 8.68. The number of carbonyl (C=O) groups excluding carboxylic acids is 2. The third kappa shape index (κ3) is 2.82. The van der Waals surface area contributed by atoms with E-state index in [1.54, 1.807) is 11.3 Å². The van der Waals surface area contributed by atoms with E-state index in [4.69, 9.17) is 0 Å². The summed E-state index contributed by atoms with van der Waals surface area (Å²) >= 11 is 4.43. The predicted octanol–water partition coefficient (Wildman–Crippen LogP) is 4.27. The average Bonchev–Trinajstić information content (AvgIpc) is 3.30. The molecule has 0 aromatic carbocycles. The van der Waals surface area contributed by atoms with Gasteiger partial charge >= 0.3 is 0 Å². The fourth-order valence-electron chi connectivity index (χ4n) is 4.29. The van der Waals surface area contributed by atoms with Crippen LogP contribution >= 0.6 is 34.4 Å². The topological polar surface area (TPSA) is 72.0 Å². The van der Waals surface area contributed by atoms with Gasteiger partial charge in [0.05, 0.1) is 11.7 Å². The Hall–Kier alpha value is -1.25. The third-order valence-electron chi connectivity index (χ3n) is 6.27. The lowest BCUT2D eigenvalue weighted by Gasteiger charge is -2.32. The van der Waals surface area contributed by atoms with Crippen molar-refractivity contribution in [2.75, 3.05) is 5.32 Å². The van der Waals surface area contributed by atoms with Gasteiger partial charge in [0, 0.05) is 10.3 Å². The number of amides is 1. The Labute approximate surface area is 165 Å². The van der Waals surface area contributed by atoms with E-state index < -0.39 is 0 Å². The molecule has 0 spiro atoms. The number of thioether (sulfide) groups is 1. The zero-order chi connectivity index (χ0) is 18.5. The molecular formula is C18H21N3O2S3. The number of nitrogens with zero attached hydrogens (tertiary/aromatic N) is 2. The summed E-state index contributed by atoms with van der Waals surface area (Å²) in [5, 5.41) is 13.5. The molecule has 3 unspecified atom stereocenters. The van der Waals surface area contributed by atoms with Crippen LogP contribution in [-0.4, -0.2) is 27.1 Å². The number of anilines is 1. The quantitative estimate of drug-likeness (QED) is 0.750. The number of nitrogens with one attached hydrogen (secondary N) is 1. The monoisotopic (exact) mass is 407 g/mol. The van der Waals surface area contributed by atoms with Crippen LogP contribution in [0.2, 0.25) is 0 Å². The van der Waals surface area contributed by atoms with Gasteiger partial charge in [-0.15, -0.1) is 21.5 Å². The molecule has 2 heterocycles. The van der Waals surface area contributed by atoms with Gasteiger partial charge in [0.1, 0.15) is 0 Å². The van der Waals surface area contributed by atoms with Crippen LogP contribution in [0, 0.1) is 16.7 Å². The van der Waals surface area contributed by atoms with Crippen molar-refractivity contribution in [2.45, 2.75) is 49.6 Å². The predicted molar refractivity (Wildman–Crippen MR) is 106 cm³/mol. The van der Waals surface area contributed by atoms with Crippen molar-refractivity contribution < 1.29 is 9.59 Å². The maximum atomic E-state index is 12.9. The van der Waals surface area contributed by atoms with Gasteiger partial charge in [-0.1, -0.05) is 49.9 Å². The van der Waals surface area contributed by atoms with Crippen molar-refractivity contribution in [1.29, 1.82) is 0 Å². The minimum atomic E-state index is -0.224. The largest absolute Gasteiger partial charge is 0.300 e. The van der Waals surface area contributed by atoms with E-state index in [-0.39, 0.29) is 22.0 Å². The summed E-state index contributed by atoms with van der Waals surface area (Å²) in [6.45, 7) is 6.56. The van der Waals surface area contributed by atoms with Crippen molar-refractivity contribution in [3.63, 3.8) is 0 Å². The molecule has 2 saturated carbocycles. The Morgan fingerprint density at radius 3 is 2.85 bits per heavy atom. The number of hydrogen-bond donors (Lipinski definition) is 1. The highest BCUT2D eigenvalue weighted by Gasteiger charge is 2.66. The smallest absolute Gasteiger partial charge is 0.231 e. The summed E-state index contributed by atoms with van der Waals surface area (Å²) in [5.74, 6) is 0.637. The molecule has 8 heteroatoms. The maximum absolute atomic E-state index is 12.9. The molecular weight excluding hydrogens is 386 g/mol. The molecule has 1 amide bonds. The van der Waals surface area contributed by atoms with E-state index in [0.717, 1.165) is 22.1 Å². The molecule has 5 nitrogen and oxygen atoms in total. The Morgan fingerprint density at radius 1 is 1.38 bits per heavy atom. The number of aromatic nitrogens is 2. The van der Waals surface area contributed by atoms with Crippen molar-refractivity contribution in [3.8, 4) is 0 Å². The molecule has 26 heavy (non-hydrogen) atoms. The lowest BCUT2D eigenvalue weighted by atomic mass is 9.70. The molecule has 2 bridgehead atoms. The van der Waals surface area contributed by atoms with Crippen LogP contribution in [0.3, 0.4) is 0 Å². The summed E-state index contributed by atoms with van der Waals surface area (Å²) in [6, 6.07) is 3.87. The second-order valence-corrected chi connectivity index (χ2v) is 11.2. The molecule has 2 aromatic rings. The van der Waals surface area contributed by atoms with E-state index in [1.165, 1.54) is 23.1 Å². The van der Waals surface area contributed by atoms with Gasteiger partial charge in [-0.25, -0.2) is 0 Å². The van der Waals surface area contributed by atoms with Gasteiger partial charge in [0.2, 0.25) is 11.0 Å². The highest BCUT2D eigenvalue weighted by atomic mass is 32.2. The lowest BCUT2D eigenvalue weighted by molar-refractivity contribution is -0.127. The number of fused-ring (bicyclic) bond motifs is 2. The van der Waals surface area contributed by atoms with Gasteiger partial charge in [0.15, 0.2) is 10.1 Å². The third-order valence-corrected chi connectivity index (χ3v) is 9.40. The van der Waals surface area contributed by atoms with E-state index in [9.17, 15) is 9.59 Å². The highest BCUT2D eigenvalue weighted by molar-refractivity contribution is 8.02. The second kappa shape index (κ2) is 6.42. The van der Waals surface area contributed by atoms with Crippen molar-refractivity contribution >= 4 is 51.3 Å². The van der Waals surface area contributed by atoms with Crippen molar-refractivity contribution in [2.24, 2.45) is 16.7 Å². The summed E-state index contributed by atoms with van der Waals surface area (Å²) in [7, 11) is 0. The molecule has 0 radical (unpaired) electrons. The fraction of sp³-hybridized carbons (Fsp3) is 0.556. The standard InChI is InChI=1S/C18H21N3O2S3/c1-17(2)11-6-7-18(17,3)14(23)13(11)25-16-21-20-15(26-16)19-12(22)9-10-5-4-8-24-10/h4-5,8,11,13H,6-7,9H2,1-3H3,(H,19,20,22). The first-order valence-corrected chi connectivity index (χ1v) is 11.3. The molecule has 2 fully saturated rings. The van der Waals surface area contributed by atoms with Crippen molar-refractivity contribution in [3.05, 3.63) is 22.4 Å². The first kappa shape index (κ1) is 18.1. The van der Waals surface area contributed by atoms with Crippen LogP contribution < -0.4 is 5.32 Å². The minimum absolute atomic E-state index is 0.0319. The number of rotatable bonds is 5. The number of Topliss-reactive ketones (excluding diaryl/α,β-unsaturated/α-hetero) is 1. The number of hydrogen-bond acceptors (Lipinski definition) is 7. The van der Waals surface area contributed by atoms with Crippen LogP contribution in [0.4, 0.5) is 5.13 Å². The van der Waals surface area contributed by atoms with Crippen LogP contribution in [0.25, 0.3) is 0 Å². The maximum Gasteiger partial charge on any atom is 0.231 e. The Bertz CT molecular complexity index is 846. The lowest BCUT2D eigenvalue weighted by Crippen LogP contribution is -2.34. The van der Waals surface area contributed by atoms with Crippen LogP contribution in [0.15, 0.2) is 21.9 Å². The van der Waals surface area contributed by atoms with Crippen molar-refractivity contribution in [1.82, 2.24) is 10.2 Å². The molecule has 138 valence electrons. The number of thiophene rings is 1. The van der Waals surface area contributed by atoms with E-state index in [2.05, 4.69) is 36.3 Å². The second-order valence-electron chi connectivity index (χ2n) is 7.78. The first-order chi connectivity index (χ1) is 12.3. The molecule has 2 aliphatic carbocycles. The Morgan fingerprint density at radius 2 is 2.19 bits per heavy atom. The number of ketones is 1. The minimum Gasteiger partial charge on any atom is -0.300 e. The highest BCUT2D eigenvalue weighted by Crippen LogP contribution is 2.66. The molecule has 2 aromatic heterocycles. The zero-order valence-corrected chi connectivity index (χ0v) is 17.4. The Kier molecular flexibility index (Phi) is 4.48. The zero-order valence-electron chi connectivity index (χ0n) is 14.9. The SMILES string of the molecule is CC12CCC(C(Sc3nnc(NC(=O)Cc4cccs4)s3)C1=O)C2(C)C. The van der Waals surface area contributed by atoms with Gasteiger partial charge in [0.25, 0.3) is 0 Å². The molecule has 1 N–H and O–H groups in total. The average molecular weight is 408 g/mol. The normalized spacial score (nSPS) is 29.3. The Balaban J connectivity index is 1.41. The summed E-state index contributed by atoms with van der Waals surface area (Å²) in [5.41, 5.74) is -0.192. The van der Waals surface area contributed by atoms with Gasteiger partial charge in [-0.05, 0) is 35.6 Å². The van der Waals surface area contributed by atoms with Gasteiger partial charge in [-0.2, -0.15) is 0 Å². The number of carbonyl (C=O) groups is 2. The molecule has 0 aliphatic heterocycles. The van der Waals surface area contributed by atoms with Crippen LogP contribution in [0.5, 0.6) is 0 Å². The molecule has 4 rings (SSSR count). The van der Waals surface area contributed by atoms with Gasteiger partial charge < -0.3 is 5.32 Å². The van der Waals surface area contributed by atoms with E-state index in [1.807, 2.05) is 17.5 Å².